The van der Waals surface area contributed by atoms with E-state index in [0.717, 1.165) is 0 Å². The molecule has 0 radical (unpaired) electrons. The van der Waals surface area contributed by atoms with E-state index in [1.165, 1.54) is 48.5 Å². The number of hydrogen-bond donors (Lipinski definition) is 1. The molecule has 5 nitrogen and oxygen atoms in total. The Morgan fingerprint density at radius 2 is 1.42 bits per heavy atom. The molecule has 0 aliphatic carbocycles. The first-order valence-electron chi connectivity index (χ1n) is 7.41. The van der Waals surface area contributed by atoms with Crippen molar-refractivity contribution in [3.05, 3.63) is 48.5 Å². The van der Waals surface area contributed by atoms with Gasteiger partial charge in [0, 0.05) is 5.41 Å². The summed E-state index contributed by atoms with van der Waals surface area (Å²) in [5, 5.41) is 9.25. The van der Waals surface area contributed by atoms with Crippen molar-refractivity contribution in [3.63, 3.8) is 0 Å². The third-order valence-corrected chi connectivity index (χ3v) is 5.27. The van der Waals surface area contributed by atoms with E-state index < -0.39 is 15.3 Å². The molecule has 0 fully saturated rings. The van der Waals surface area contributed by atoms with Crippen molar-refractivity contribution in [2.24, 2.45) is 5.41 Å². The zero-order valence-electron chi connectivity index (χ0n) is 13.8. The predicted octanol–water partition coefficient (Wildman–Crippen LogP) is 3.22. The van der Waals surface area contributed by atoms with Gasteiger partial charge in [-0.3, -0.25) is 4.79 Å². The van der Waals surface area contributed by atoms with Crippen LogP contribution in [0.15, 0.2) is 58.3 Å². The quantitative estimate of drug-likeness (QED) is 0.897. The second kappa shape index (κ2) is 6.65. The smallest absolute Gasteiger partial charge is 0.206 e. The van der Waals surface area contributed by atoms with Crippen LogP contribution in [0.3, 0.4) is 0 Å². The highest BCUT2D eigenvalue weighted by Crippen LogP contribution is 2.25. The molecule has 0 aromatic heterocycles. The molecule has 0 unspecified atom stereocenters. The second-order valence-corrected chi connectivity index (χ2v) is 8.38. The number of phenols is 1. The number of sulfone groups is 1. The third kappa shape index (κ3) is 4.14. The number of aromatic hydroxyl groups is 1. The normalized spacial score (nSPS) is 12.0. The Balaban J connectivity index is 2.14. The molecule has 2 aromatic rings. The van der Waals surface area contributed by atoms with Gasteiger partial charge in [-0.2, -0.15) is 0 Å². The molecule has 0 saturated heterocycles. The van der Waals surface area contributed by atoms with E-state index in [9.17, 15) is 18.3 Å². The number of rotatable bonds is 5. The van der Waals surface area contributed by atoms with Gasteiger partial charge >= 0.3 is 0 Å². The van der Waals surface area contributed by atoms with Gasteiger partial charge in [-0.05, 0) is 48.5 Å². The van der Waals surface area contributed by atoms with Crippen molar-refractivity contribution >= 4 is 15.6 Å². The van der Waals surface area contributed by atoms with Crippen LogP contribution in [0.25, 0.3) is 0 Å². The van der Waals surface area contributed by atoms with Gasteiger partial charge in [0.2, 0.25) is 9.84 Å². The molecule has 2 rings (SSSR count). The maximum Gasteiger partial charge on any atom is 0.206 e. The highest BCUT2D eigenvalue weighted by atomic mass is 32.2. The number of phenolic OH excluding ortho intramolecular Hbond substituents is 1. The Labute approximate surface area is 141 Å². The number of carbonyl (C=O) groups is 1. The number of ether oxygens (including phenoxy) is 1. The summed E-state index contributed by atoms with van der Waals surface area (Å²) in [5.41, 5.74) is -0.484. The first-order valence-corrected chi connectivity index (χ1v) is 8.89. The van der Waals surface area contributed by atoms with Crippen LogP contribution in [0, 0.1) is 5.41 Å². The van der Waals surface area contributed by atoms with Crippen LogP contribution in [-0.4, -0.2) is 25.9 Å². The molecule has 0 amide bonds. The van der Waals surface area contributed by atoms with Gasteiger partial charge in [-0.1, -0.05) is 20.8 Å². The van der Waals surface area contributed by atoms with Crippen LogP contribution in [0.1, 0.15) is 20.8 Å². The summed E-state index contributed by atoms with van der Waals surface area (Å²) >= 11 is 0. The molecule has 0 aliphatic rings. The molecule has 1 N–H and O–H groups in total. The van der Waals surface area contributed by atoms with Gasteiger partial charge in [0.25, 0.3) is 0 Å². The molecule has 128 valence electrons. The fourth-order valence-electron chi connectivity index (χ4n) is 1.84. The van der Waals surface area contributed by atoms with Crippen LogP contribution < -0.4 is 4.74 Å². The van der Waals surface area contributed by atoms with Crippen molar-refractivity contribution in [1.29, 1.82) is 0 Å². The summed E-state index contributed by atoms with van der Waals surface area (Å²) < 4.78 is 30.4. The van der Waals surface area contributed by atoms with Crippen molar-refractivity contribution in [1.82, 2.24) is 0 Å². The average Bonchev–Trinajstić information content (AvgIpc) is 2.52. The SMILES string of the molecule is CC(C)(C)C(=O)COc1ccc(S(=O)(=O)c2ccc(O)cc2)cc1. The number of carbonyl (C=O) groups excluding carboxylic acids is 1. The predicted molar refractivity (Wildman–Crippen MR) is 90.0 cm³/mol. The van der Waals surface area contributed by atoms with Crippen molar-refractivity contribution in [2.45, 2.75) is 30.6 Å². The number of ketones is 1. The van der Waals surface area contributed by atoms with Gasteiger partial charge in [0.1, 0.15) is 18.1 Å². The van der Waals surface area contributed by atoms with E-state index >= 15 is 0 Å². The summed E-state index contributed by atoms with van der Waals surface area (Å²) in [7, 11) is -3.66. The molecular weight excluding hydrogens is 328 g/mol. The minimum Gasteiger partial charge on any atom is -0.508 e. The lowest BCUT2D eigenvalue weighted by Gasteiger charge is -2.16. The van der Waals surface area contributed by atoms with E-state index in [4.69, 9.17) is 4.74 Å². The third-order valence-electron chi connectivity index (χ3n) is 3.49. The fourth-order valence-corrected chi connectivity index (χ4v) is 3.10. The molecule has 0 bridgehead atoms. The maximum absolute atomic E-state index is 12.5. The Bertz CT molecular complexity index is 813. The summed E-state index contributed by atoms with van der Waals surface area (Å²) in [5.74, 6) is 0.391. The standard InChI is InChI=1S/C18H20O5S/c1-18(2,3)17(20)12-23-14-6-10-16(11-7-14)24(21,22)15-8-4-13(19)5-9-15/h4-11,19H,12H2,1-3H3. The molecule has 0 saturated carbocycles. The van der Waals surface area contributed by atoms with Crippen LogP contribution in [-0.2, 0) is 14.6 Å². The van der Waals surface area contributed by atoms with Gasteiger partial charge in [0.15, 0.2) is 5.78 Å². The minimum absolute atomic E-state index is 0.00112. The molecule has 0 atom stereocenters. The number of hydrogen-bond acceptors (Lipinski definition) is 5. The summed E-state index contributed by atoms with van der Waals surface area (Å²) in [4.78, 5) is 12.0. The van der Waals surface area contributed by atoms with Gasteiger partial charge in [0.05, 0.1) is 9.79 Å². The van der Waals surface area contributed by atoms with Crippen molar-refractivity contribution in [2.75, 3.05) is 6.61 Å². The number of Topliss-reactive ketones (excluding diaryl/α,β-unsaturated/α-hetero) is 1. The van der Waals surface area contributed by atoms with E-state index in [-0.39, 0.29) is 27.9 Å². The fraction of sp³-hybridized carbons (Fsp3) is 0.278. The molecule has 0 aliphatic heterocycles. The molecule has 0 heterocycles. The van der Waals surface area contributed by atoms with E-state index in [1.54, 1.807) is 0 Å². The Hall–Kier alpha value is -2.34. The van der Waals surface area contributed by atoms with E-state index in [2.05, 4.69) is 0 Å². The lowest BCUT2D eigenvalue weighted by Crippen LogP contribution is -2.26. The summed E-state index contributed by atoms with van der Waals surface area (Å²) in [6.45, 7) is 5.37. The molecular formula is C18H20O5S. The molecule has 2 aromatic carbocycles. The van der Waals surface area contributed by atoms with Crippen LogP contribution in [0.4, 0.5) is 0 Å². The maximum atomic E-state index is 12.5. The Kier molecular flexibility index (Phi) is 4.99. The second-order valence-electron chi connectivity index (χ2n) is 6.43. The zero-order chi connectivity index (χ0) is 18.0. The lowest BCUT2D eigenvalue weighted by molar-refractivity contribution is -0.128. The van der Waals surface area contributed by atoms with Gasteiger partial charge < -0.3 is 9.84 Å². The molecule has 24 heavy (non-hydrogen) atoms. The topological polar surface area (TPSA) is 80.7 Å². The first-order chi connectivity index (χ1) is 11.1. The van der Waals surface area contributed by atoms with Crippen LogP contribution in [0.2, 0.25) is 0 Å². The van der Waals surface area contributed by atoms with Crippen LogP contribution >= 0.6 is 0 Å². The summed E-state index contributed by atoms with van der Waals surface area (Å²) in [6.07, 6.45) is 0. The zero-order valence-corrected chi connectivity index (χ0v) is 14.6. The largest absolute Gasteiger partial charge is 0.508 e. The van der Waals surface area contributed by atoms with Crippen molar-refractivity contribution in [3.8, 4) is 11.5 Å². The summed E-state index contributed by atoms with van der Waals surface area (Å²) in [6, 6.07) is 11.2. The Morgan fingerprint density at radius 3 is 1.88 bits per heavy atom. The molecule has 0 spiro atoms. The minimum atomic E-state index is -3.66. The molecule has 6 heteroatoms. The van der Waals surface area contributed by atoms with E-state index in [0.29, 0.717) is 5.75 Å². The first kappa shape index (κ1) is 18.0. The lowest BCUT2D eigenvalue weighted by atomic mass is 9.91. The van der Waals surface area contributed by atoms with E-state index in [1.807, 2.05) is 20.8 Å². The number of benzene rings is 2. The van der Waals surface area contributed by atoms with Crippen molar-refractivity contribution < 1.29 is 23.1 Å². The Morgan fingerprint density at radius 1 is 0.958 bits per heavy atom. The average molecular weight is 348 g/mol. The van der Waals surface area contributed by atoms with Crippen LogP contribution in [0.5, 0.6) is 11.5 Å². The monoisotopic (exact) mass is 348 g/mol. The van der Waals surface area contributed by atoms with Gasteiger partial charge in [-0.25, -0.2) is 8.42 Å². The highest BCUT2D eigenvalue weighted by molar-refractivity contribution is 7.91. The van der Waals surface area contributed by atoms with Gasteiger partial charge in [-0.15, -0.1) is 0 Å². The highest BCUT2D eigenvalue weighted by Gasteiger charge is 2.22.